The van der Waals surface area contributed by atoms with Crippen LogP contribution in [-0.2, 0) is 0 Å². The second-order valence-corrected chi connectivity index (χ2v) is 6.87. The van der Waals surface area contributed by atoms with E-state index in [1.165, 1.54) is 16.8 Å². The minimum atomic E-state index is -4.82. The van der Waals surface area contributed by atoms with Gasteiger partial charge in [0, 0.05) is 0 Å². The zero-order chi connectivity index (χ0) is 13.4. The fraction of sp³-hybridized carbons (Fsp3) is 0.333. The van der Waals surface area contributed by atoms with Crippen molar-refractivity contribution in [3.8, 4) is 0 Å². The summed E-state index contributed by atoms with van der Waals surface area (Å²) >= 11 is 0. The average Bonchev–Trinajstić information content (AvgIpc) is 2.21. The van der Waals surface area contributed by atoms with Crippen molar-refractivity contribution in [2.24, 2.45) is 0 Å². The summed E-state index contributed by atoms with van der Waals surface area (Å²) < 4.78 is 1.21. The number of nitrogens with zero attached hydrogens (tertiary/aromatic N) is 1. The first kappa shape index (κ1) is 16.2. The molecule has 0 amide bonds. The third-order valence-corrected chi connectivity index (χ3v) is 4.56. The first-order chi connectivity index (χ1) is 7.85. The van der Waals surface area contributed by atoms with Crippen molar-refractivity contribution in [1.82, 2.24) is 4.67 Å². The normalized spacial score (nSPS) is 14.5. The molecule has 0 radical (unpaired) electrons. The summed E-state index contributed by atoms with van der Waals surface area (Å²) in [6.45, 7) is 10.9. The van der Waals surface area contributed by atoms with Crippen LogP contribution in [0, 0.1) is 0 Å². The molecule has 0 aromatic rings. The molecule has 0 aliphatic rings. The Balaban J connectivity index is 4.76. The Bertz CT molecular complexity index is 305. The zero-order valence-corrected chi connectivity index (χ0v) is 11.0. The van der Waals surface area contributed by atoms with Gasteiger partial charge in [0.2, 0.25) is 0 Å². The van der Waals surface area contributed by atoms with Gasteiger partial charge in [0.15, 0.2) is 0 Å². The predicted molar refractivity (Wildman–Crippen MR) is 74.4 cm³/mol. The molecule has 0 saturated carbocycles. The van der Waals surface area contributed by atoms with Crippen molar-refractivity contribution >= 4 is 7.43 Å². The van der Waals surface area contributed by atoms with E-state index in [4.69, 9.17) is 0 Å². The van der Waals surface area contributed by atoms with Crippen LogP contribution < -0.4 is 0 Å². The third-order valence-electron chi connectivity index (χ3n) is 2.16. The summed E-state index contributed by atoms with van der Waals surface area (Å²) in [5.74, 6) is 0. The summed E-state index contributed by atoms with van der Waals surface area (Å²) in [5, 5.41) is 0. The summed E-state index contributed by atoms with van der Waals surface area (Å²) in [7, 11) is -4.82. The molecule has 0 unspecified atom stereocenters. The van der Waals surface area contributed by atoms with Gasteiger partial charge in [-0.3, -0.25) is 0 Å². The van der Waals surface area contributed by atoms with E-state index in [-0.39, 0.29) is 19.3 Å². The monoisotopic (exact) mass is 259 g/mol. The van der Waals surface area contributed by atoms with E-state index >= 15 is 0 Å². The van der Waals surface area contributed by atoms with Crippen LogP contribution in [0.2, 0.25) is 0 Å². The van der Waals surface area contributed by atoms with E-state index in [9.17, 15) is 14.7 Å². The van der Waals surface area contributed by atoms with Crippen LogP contribution in [0.4, 0.5) is 0 Å². The summed E-state index contributed by atoms with van der Waals surface area (Å²) in [6, 6.07) is 0. The van der Waals surface area contributed by atoms with E-state index in [0.29, 0.717) is 6.42 Å². The molecular formula is C12H22NO3P. The fourth-order valence-corrected chi connectivity index (χ4v) is 2.86. The Kier molecular flexibility index (Phi) is 6.53. The number of rotatable bonds is 9. The average molecular weight is 259 g/mol. The Morgan fingerprint density at radius 2 is 1.53 bits per heavy atom. The van der Waals surface area contributed by atoms with E-state index in [2.05, 4.69) is 19.7 Å². The summed E-state index contributed by atoms with van der Waals surface area (Å²) in [6.07, 6.45) is 8.56. The maximum atomic E-state index is 9.92. The molecule has 0 bridgehead atoms. The molecular weight excluding hydrogens is 237 g/mol. The molecule has 0 aromatic heterocycles. The van der Waals surface area contributed by atoms with Crippen molar-refractivity contribution in [3.05, 3.63) is 50.1 Å². The van der Waals surface area contributed by atoms with Gasteiger partial charge < -0.3 is 0 Å². The number of allylic oxidation sites excluding steroid dienone is 3. The van der Waals surface area contributed by atoms with Crippen LogP contribution in [0.25, 0.3) is 0 Å². The van der Waals surface area contributed by atoms with Gasteiger partial charge in [-0.25, -0.2) is 0 Å². The molecule has 0 saturated heterocycles. The third kappa shape index (κ3) is 5.91. The van der Waals surface area contributed by atoms with Gasteiger partial charge in [0.05, 0.1) is 0 Å². The Morgan fingerprint density at radius 1 is 0.882 bits per heavy atom. The SMILES string of the molecule is C=CCC=CCN(CC=C)P(O)(O)(O)CC=C. The van der Waals surface area contributed by atoms with Crippen molar-refractivity contribution < 1.29 is 14.7 Å². The molecule has 0 heterocycles. The molecule has 0 aromatic carbocycles. The molecule has 98 valence electrons. The fourth-order valence-electron chi connectivity index (χ4n) is 1.29. The summed E-state index contributed by atoms with van der Waals surface area (Å²) in [5.41, 5.74) is 0. The molecule has 0 fully saturated rings. The van der Waals surface area contributed by atoms with E-state index in [1.54, 1.807) is 12.2 Å². The van der Waals surface area contributed by atoms with Crippen molar-refractivity contribution in [2.45, 2.75) is 6.42 Å². The maximum absolute atomic E-state index is 9.92. The molecule has 0 atom stereocenters. The first-order valence-corrected chi connectivity index (χ1v) is 7.58. The second-order valence-electron chi connectivity index (χ2n) is 3.73. The van der Waals surface area contributed by atoms with Crippen molar-refractivity contribution in [2.75, 3.05) is 19.3 Å². The van der Waals surface area contributed by atoms with Gasteiger partial charge in [-0.15, -0.1) is 0 Å². The van der Waals surface area contributed by atoms with Gasteiger partial charge >= 0.3 is 103 Å². The van der Waals surface area contributed by atoms with E-state index in [0.717, 1.165) is 0 Å². The summed E-state index contributed by atoms with van der Waals surface area (Å²) in [4.78, 5) is 29.8. The van der Waals surface area contributed by atoms with E-state index in [1.807, 2.05) is 6.08 Å². The molecule has 0 aliphatic carbocycles. The molecule has 0 spiro atoms. The van der Waals surface area contributed by atoms with Crippen LogP contribution in [0.1, 0.15) is 6.42 Å². The number of hydrogen-bond acceptors (Lipinski definition) is 4. The minimum absolute atomic E-state index is 0.188. The topological polar surface area (TPSA) is 63.9 Å². The standard InChI is InChI=1S/C12H22NO3P/c1-4-7-8-9-11-13(10-5-2)17(14,15,16)12-6-3/h4-6,8-9,14-16H,1-3,7,10-12H2. The molecule has 3 N–H and O–H groups in total. The van der Waals surface area contributed by atoms with Crippen molar-refractivity contribution in [1.29, 1.82) is 0 Å². The number of hydrogen-bond donors (Lipinski definition) is 3. The molecule has 4 nitrogen and oxygen atoms in total. The van der Waals surface area contributed by atoms with Crippen molar-refractivity contribution in [3.63, 3.8) is 0 Å². The Hall–Kier alpha value is -0.770. The molecule has 17 heavy (non-hydrogen) atoms. The Morgan fingerprint density at radius 3 is 2.00 bits per heavy atom. The molecule has 0 rings (SSSR count). The quantitative estimate of drug-likeness (QED) is 0.437. The van der Waals surface area contributed by atoms with Gasteiger partial charge in [-0.05, 0) is 0 Å². The molecule has 0 aliphatic heterocycles. The Labute approximate surface area is 103 Å². The zero-order valence-electron chi connectivity index (χ0n) is 10.1. The van der Waals surface area contributed by atoms with Crippen LogP contribution in [0.3, 0.4) is 0 Å². The van der Waals surface area contributed by atoms with E-state index < -0.39 is 7.43 Å². The van der Waals surface area contributed by atoms with Crippen LogP contribution in [0.5, 0.6) is 0 Å². The predicted octanol–water partition coefficient (Wildman–Crippen LogP) is 1.98. The first-order valence-electron chi connectivity index (χ1n) is 5.35. The van der Waals surface area contributed by atoms with Gasteiger partial charge in [0.25, 0.3) is 0 Å². The van der Waals surface area contributed by atoms with Gasteiger partial charge in [-0.1, -0.05) is 0 Å². The molecule has 5 heteroatoms. The van der Waals surface area contributed by atoms with Crippen LogP contribution >= 0.6 is 7.43 Å². The second kappa shape index (κ2) is 6.84. The van der Waals surface area contributed by atoms with Gasteiger partial charge in [-0.2, -0.15) is 0 Å². The van der Waals surface area contributed by atoms with Crippen LogP contribution in [0.15, 0.2) is 50.1 Å². The van der Waals surface area contributed by atoms with Gasteiger partial charge in [0.1, 0.15) is 0 Å². The van der Waals surface area contributed by atoms with Crippen LogP contribution in [-0.4, -0.2) is 38.6 Å².